The fraction of sp³-hybridized carbons (Fsp3) is 0.0588. The first-order valence-electron chi connectivity index (χ1n) is 6.99. The van der Waals surface area contributed by atoms with Crippen LogP contribution in [0.15, 0.2) is 54.0 Å². The second-order valence-electron chi connectivity index (χ2n) is 4.83. The Morgan fingerprint density at radius 2 is 1.96 bits per heavy atom. The fourth-order valence-corrected chi connectivity index (χ4v) is 2.97. The van der Waals surface area contributed by atoms with Gasteiger partial charge in [-0.05, 0) is 36.4 Å². The van der Waals surface area contributed by atoms with E-state index in [1.165, 1.54) is 0 Å². The molecule has 2 aromatic carbocycles. The lowest BCUT2D eigenvalue weighted by atomic mass is 10.2. The van der Waals surface area contributed by atoms with Gasteiger partial charge in [0.05, 0.1) is 5.02 Å². The summed E-state index contributed by atoms with van der Waals surface area (Å²) in [6.07, 6.45) is 1.76. The normalized spacial score (nSPS) is 10.4. The second kappa shape index (κ2) is 7.66. The molecule has 24 heavy (non-hydrogen) atoms. The Labute approximate surface area is 153 Å². The molecule has 0 spiro atoms. The molecule has 1 N–H and O–H groups in total. The lowest BCUT2D eigenvalue weighted by Gasteiger charge is -2.09. The molecule has 0 aliphatic rings. The number of carbonyl (C=O) groups excluding carboxylic acids is 1. The van der Waals surface area contributed by atoms with Crippen LogP contribution in [0.2, 0.25) is 10.0 Å². The number of amides is 1. The smallest absolute Gasteiger partial charge is 0.262 e. The number of rotatable bonds is 5. The van der Waals surface area contributed by atoms with Gasteiger partial charge in [0.2, 0.25) is 0 Å². The summed E-state index contributed by atoms with van der Waals surface area (Å²) in [7, 11) is 0. The Bertz CT molecular complexity index is 836. The summed E-state index contributed by atoms with van der Waals surface area (Å²) in [5.41, 5.74) is 1.69. The first-order valence-corrected chi connectivity index (χ1v) is 8.63. The number of nitrogens with zero attached hydrogens (tertiary/aromatic N) is 1. The zero-order chi connectivity index (χ0) is 16.9. The molecule has 0 aliphatic heterocycles. The predicted octanol–water partition coefficient (Wildman–Crippen LogP) is 5.13. The van der Waals surface area contributed by atoms with Crippen LogP contribution in [0.5, 0.6) is 5.75 Å². The molecular formula is C17H12Cl2N2O2S. The van der Waals surface area contributed by atoms with Crippen LogP contribution in [-0.2, 0) is 4.79 Å². The number of anilines is 1. The van der Waals surface area contributed by atoms with E-state index in [2.05, 4.69) is 10.3 Å². The summed E-state index contributed by atoms with van der Waals surface area (Å²) >= 11 is 13.4. The van der Waals surface area contributed by atoms with Crippen LogP contribution in [0.1, 0.15) is 0 Å². The van der Waals surface area contributed by atoms with Gasteiger partial charge in [-0.1, -0.05) is 23.2 Å². The maximum atomic E-state index is 12.0. The van der Waals surface area contributed by atoms with Gasteiger partial charge in [0.15, 0.2) is 6.61 Å². The molecular weight excluding hydrogens is 367 g/mol. The SMILES string of the molecule is O=C(COc1cc(Cl)ccc1Cl)Nc1ccc(-c2nccs2)cc1. The standard InChI is InChI=1S/C17H12Cl2N2O2S/c18-12-3-6-14(19)15(9-12)23-10-16(22)21-13-4-1-11(2-5-13)17-20-7-8-24-17/h1-9H,10H2,(H,21,22). The molecule has 122 valence electrons. The molecule has 4 nitrogen and oxygen atoms in total. The number of halogens is 2. The molecule has 7 heteroatoms. The van der Waals surface area contributed by atoms with E-state index in [4.69, 9.17) is 27.9 Å². The molecule has 3 aromatic rings. The van der Waals surface area contributed by atoms with Crippen LogP contribution in [0.3, 0.4) is 0 Å². The van der Waals surface area contributed by atoms with E-state index in [1.807, 2.05) is 29.6 Å². The predicted molar refractivity (Wildman–Crippen MR) is 98.1 cm³/mol. The minimum atomic E-state index is -0.284. The van der Waals surface area contributed by atoms with Crippen molar-refractivity contribution in [2.75, 3.05) is 11.9 Å². The van der Waals surface area contributed by atoms with E-state index < -0.39 is 0 Å². The summed E-state index contributed by atoms with van der Waals surface area (Å²) < 4.78 is 5.40. The lowest BCUT2D eigenvalue weighted by molar-refractivity contribution is -0.118. The highest BCUT2D eigenvalue weighted by atomic mass is 35.5. The number of carbonyl (C=O) groups is 1. The zero-order valence-corrected chi connectivity index (χ0v) is 14.7. The van der Waals surface area contributed by atoms with Crippen molar-refractivity contribution in [1.29, 1.82) is 0 Å². The first-order chi connectivity index (χ1) is 11.6. The van der Waals surface area contributed by atoms with E-state index in [-0.39, 0.29) is 12.5 Å². The summed E-state index contributed by atoms with van der Waals surface area (Å²) in [6.45, 7) is -0.158. The fourth-order valence-electron chi connectivity index (χ4n) is 1.99. The molecule has 0 fully saturated rings. The maximum Gasteiger partial charge on any atom is 0.262 e. The van der Waals surface area contributed by atoms with Gasteiger partial charge in [0, 0.05) is 33.9 Å². The van der Waals surface area contributed by atoms with Crippen molar-refractivity contribution in [3.8, 4) is 16.3 Å². The van der Waals surface area contributed by atoms with Crippen molar-refractivity contribution >= 4 is 46.1 Å². The van der Waals surface area contributed by atoms with Gasteiger partial charge in [-0.3, -0.25) is 4.79 Å². The Balaban J connectivity index is 1.58. The minimum absolute atomic E-state index is 0.158. The Hall–Kier alpha value is -2.08. The first kappa shape index (κ1) is 16.8. The van der Waals surface area contributed by atoms with Crippen LogP contribution in [0.4, 0.5) is 5.69 Å². The van der Waals surface area contributed by atoms with Crippen molar-refractivity contribution in [1.82, 2.24) is 4.98 Å². The molecule has 0 saturated heterocycles. The van der Waals surface area contributed by atoms with Crippen molar-refractivity contribution in [3.05, 3.63) is 64.1 Å². The molecule has 1 aromatic heterocycles. The van der Waals surface area contributed by atoms with Crippen molar-refractivity contribution in [2.45, 2.75) is 0 Å². The van der Waals surface area contributed by atoms with Gasteiger partial charge in [-0.25, -0.2) is 4.98 Å². The van der Waals surface area contributed by atoms with Crippen LogP contribution in [0, 0.1) is 0 Å². The molecule has 0 unspecified atom stereocenters. The average Bonchev–Trinajstić information content (AvgIpc) is 3.11. The number of hydrogen-bond acceptors (Lipinski definition) is 4. The highest BCUT2D eigenvalue weighted by Gasteiger charge is 2.08. The highest BCUT2D eigenvalue weighted by molar-refractivity contribution is 7.13. The lowest BCUT2D eigenvalue weighted by Crippen LogP contribution is -2.20. The monoisotopic (exact) mass is 378 g/mol. The molecule has 0 aliphatic carbocycles. The Kier molecular flexibility index (Phi) is 5.35. The zero-order valence-electron chi connectivity index (χ0n) is 12.3. The molecule has 1 heterocycles. The van der Waals surface area contributed by atoms with Crippen LogP contribution in [0.25, 0.3) is 10.6 Å². The van der Waals surface area contributed by atoms with Gasteiger partial charge in [0.1, 0.15) is 10.8 Å². The second-order valence-corrected chi connectivity index (χ2v) is 6.56. The number of ether oxygens (including phenoxy) is 1. The summed E-state index contributed by atoms with van der Waals surface area (Å²) in [6, 6.07) is 12.3. The van der Waals surface area contributed by atoms with Crippen molar-refractivity contribution in [2.24, 2.45) is 0 Å². The summed E-state index contributed by atoms with van der Waals surface area (Å²) in [5, 5.41) is 6.51. The van der Waals surface area contributed by atoms with Crippen LogP contribution in [-0.4, -0.2) is 17.5 Å². The number of aromatic nitrogens is 1. The third-order valence-electron chi connectivity index (χ3n) is 3.10. The van der Waals surface area contributed by atoms with Gasteiger partial charge in [-0.2, -0.15) is 0 Å². The number of hydrogen-bond donors (Lipinski definition) is 1. The van der Waals surface area contributed by atoms with Gasteiger partial charge >= 0.3 is 0 Å². The number of benzene rings is 2. The minimum Gasteiger partial charge on any atom is -0.482 e. The highest BCUT2D eigenvalue weighted by Crippen LogP contribution is 2.27. The van der Waals surface area contributed by atoms with Gasteiger partial charge in [0.25, 0.3) is 5.91 Å². The Morgan fingerprint density at radius 3 is 2.67 bits per heavy atom. The van der Waals surface area contributed by atoms with E-state index in [0.717, 1.165) is 10.6 Å². The quantitative estimate of drug-likeness (QED) is 0.668. The molecule has 0 saturated carbocycles. The van der Waals surface area contributed by atoms with E-state index in [9.17, 15) is 4.79 Å². The third-order valence-corrected chi connectivity index (χ3v) is 4.47. The van der Waals surface area contributed by atoms with E-state index >= 15 is 0 Å². The topological polar surface area (TPSA) is 51.2 Å². The molecule has 3 rings (SSSR count). The molecule has 1 amide bonds. The summed E-state index contributed by atoms with van der Waals surface area (Å²) in [5.74, 6) is 0.0893. The third kappa shape index (κ3) is 4.26. The average molecular weight is 379 g/mol. The van der Waals surface area contributed by atoms with Gasteiger partial charge in [-0.15, -0.1) is 11.3 Å². The molecule has 0 radical (unpaired) electrons. The van der Waals surface area contributed by atoms with Crippen molar-refractivity contribution < 1.29 is 9.53 Å². The maximum absolute atomic E-state index is 12.0. The number of nitrogens with one attached hydrogen (secondary N) is 1. The van der Waals surface area contributed by atoms with Crippen LogP contribution < -0.4 is 10.1 Å². The van der Waals surface area contributed by atoms with E-state index in [1.54, 1.807) is 35.7 Å². The van der Waals surface area contributed by atoms with Crippen LogP contribution >= 0.6 is 34.5 Å². The Morgan fingerprint density at radius 1 is 1.17 bits per heavy atom. The largest absolute Gasteiger partial charge is 0.482 e. The molecule has 0 bridgehead atoms. The van der Waals surface area contributed by atoms with Crippen molar-refractivity contribution in [3.63, 3.8) is 0 Å². The summed E-state index contributed by atoms with van der Waals surface area (Å²) in [4.78, 5) is 16.2. The molecule has 0 atom stereocenters. The van der Waals surface area contributed by atoms with E-state index in [0.29, 0.717) is 21.5 Å². The number of thiazole rings is 1. The van der Waals surface area contributed by atoms with Gasteiger partial charge < -0.3 is 10.1 Å².